The van der Waals surface area contributed by atoms with Crippen LogP contribution in [-0.2, 0) is 18.9 Å². The Bertz CT molecular complexity index is 551. The molecular formula is C12H13Cl3N4. The topological polar surface area (TPSA) is 43.6 Å². The lowest BCUT2D eigenvalue weighted by molar-refractivity contribution is 0.517. The van der Waals surface area contributed by atoms with Crippen molar-refractivity contribution < 1.29 is 0 Å². The van der Waals surface area contributed by atoms with E-state index in [-0.39, 0.29) is 0 Å². The highest BCUT2D eigenvalue weighted by atomic mass is 35.5. The summed E-state index contributed by atoms with van der Waals surface area (Å²) in [6.45, 7) is 0. The number of rotatable bonds is 5. The molecule has 0 aliphatic rings. The fraction of sp³-hybridized carbons (Fsp3) is 0.417. The standard InChI is InChI=1S/C12H13Cl3N4/c1-19-17-11(16-18-19)6-12(7-13,8-14)9-3-2-4-10(15)5-9/h2-5H,6-8H2,1H3. The van der Waals surface area contributed by atoms with Crippen molar-refractivity contribution in [3.8, 4) is 0 Å². The van der Waals surface area contributed by atoms with Crippen molar-refractivity contribution in [1.82, 2.24) is 20.2 Å². The van der Waals surface area contributed by atoms with Crippen molar-refractivity contribution in [2.24, 2.45) is 7.05 Å². The molecule has 2 rings (SSSR count). The van der Waals surface area contributed by atoms with Crippen LogP contribution in [-0.4, -0.2) is 32.0 Å². The van der Waals surface area contributed by atoms with E-state index in [1.54, 1.807) is 7.05 Å². The zero-order chi connectivity index (χ0) is 13.9. The number of benzene rings is 1. The monoisotopic (exact) mass is 318 g/mol. The molecule has 1 aromatic carbocycles. The number of aryl methyl sites for hydroxylation is 1. The van der Waals surface area contributed by atoms with Crippen molar-refractivity contribution in [3.63, 3.8) is 0 Å². The van der Waals surface area contributed by atoms with E-state index in [0.717, 1.165) is 5.56 Å². The van der Waals surface area contributed by atoms with Gasteiger partial charge in [0.1, 0.15) is 0 Å². The highest BCUT2D eigenvalue weighted by Gasteiger charge is 2.33. The van der Waals surface area contributed by atoms with E-state index < -0.39 is 5.41 Å². The summed E-state index contributed by atoms with van der Waals surface area (Å²) in [6, 6.07) is 7.55. The molecule has 0 aliphatic carbocycles. The number of halogens is 3. The van der Waals surface area contributed by atoms with Crippen LogP contribution in [0.25, 0.3) is 0 Å². The van der Waals surface area contributed by atoms with Gasteiger partial charge in [-0.25, -0.2) is 0 Å². The van der Waals surface area contributed by atoms with E-state index in [1.807, 2.05) is 24.3 Å². The van der Waals surface area contributed by atoms with Crippen molar-refractivity contribution in [2.45, 2.75) is 11.8 Å². The second-order valence-corrected chi connectivity index (χ2v) is 5.40. The molecule has 0 spiro atoms. The van der Waals surface area contributed by atoms with Crippen LogP contribution in [0.3, 0.4) is 0 Å². The van der Waals surface area contributed by atoms with Gasteiger partial charge in [0.05, 0.1) is 7.05 Å². The molecule has 1 aromatic heterocycles. The minimum atomic E-state index is -0.447. The van der Waals surface area contributed by atoms with Crippen molar-refractivity contribution >= 4 is 34.8 Å². The van der Waals surface area contributed by atoms with Gasteiger partial charge in [0.25, 0.3) is 0 Å². The molecule has 0 atom stereocenters. The smallest absolute Gasteiger partial charge is 0.167 e. The Kier molecular flexibility index (Phi) is 4.66. The molecule has 0 fully saturated rings. The molecule has 0 radical (unpaired) electrons. The van der Waals surface area contributed by atoms with Gasteiger partial charge in [0.15, 0.2) is 5.82 Å². The van der Waals surface area contributed by atoms with Crippen LogP contribution in [0.4, 0.5) is 0 Å². The third kappa shape index (κ3) is 3.19. The Morgan fingerprint density at radius 1 is 1.26 bits per heavy atom. The largest absolute Gasteiger partial charge is 0.175 e. The third-order valence-electron chi connectivity index (χ3n) is 2.99. The second kappa shape index (κ2) is 6.07. The SMILES string of the molecule is Cn1nnc(CC(CCl)(CCl)c2cccc(Cl)c2)n1. The van der Waals surface area contributed by atoms with Crippen molar-refractivity contribution in [3.05, 3.63) is 40.7 Å². The van der Waals surface area contributed by atoms with E-state index in [0.29, 0.717) is 29.0 Å². The molecule has 0 saturated carbocycles. The number of nitrogens with zero attached hydrogens (tertiary/aromatic N) is 4. The molecule has 0 unspecified atom stereocenters. The molecule has 4 nitrogen and oxygen atoms in total. The van der Waals surface area contributed by atoms with Gasteiger partial charge < -0.3 is 0 Å². The lowest BCUT2D eigenvalue weighted by Crippen LogP contribution is -2.33. The Hall–Kier alpha value is -0.840. The van der Waals surface area contributed by atoms with E-state index in [9.17, 15) is 0 Å². The van der Waals surface area contributed by atoms with Gasteiger partial charge in [0, 0.05) is 28.6 Å². The normalized spacial score (nSPS) is 11.8. The molecule has 0 saturated heterocycles. The summed E-state index contributed by atoms with van der Waals surface area (Å²) in [5, 5.41) is 12.7. The van der Waals surface area contributed by atoms with Gasteiger partial charge in [-0.1, -0.05) is 23.7 Å². The van der Waals surface area contributed by atoms with E-state index >= 15 is 0 Å². The zero-order valence-electron chi connectivity index (χ0n) is 10.4. The first kappa shape index (κ1) is 14.6. The fourth-order valence-electron chi connectivity index (χ4n) is 1.90. The number of tetrazole rings is 1. The summed E-state index contributed by atoms with van der Waals surface area (Å²) < 4.78 is 0. The Morgan fingerprint density at radius 2 is 2.00 bits per heavy atom. The number of hydrogen-bond donors (Lipinski definition) is 0. The predicted molar refractivity (Wildman–Crippen MR) is 77.1 cm³/mol. The van der Waals surface area contributed by atoms with E-state index in [4.69, 9.17) is 34.8 Å². The maximum Gasteiger partial charge on any atom is 0.175 e. The van der Waals surface area contributed by atoms with Gasteiger partial charge in [-0.15, -0.1) is 33.4 Å². The van der Waals surface area contributed by atoms with Crippen LogP contribution in [0.1, 0.15) is 11.4 Å². The highest BCUT2D eigenvalue weighted by Crippen LogP contribution is 2.32. The quantitative estimate of drug-likeness (QED) is 0.796. The third-order valence-corrected chi connectivity index (χ3v) is 4.25. The van der Waals surface area contributed by atoms with Crippen molar-refractivity contribution in [2.75, 3.05) is 11.8 Å². The van der Waals surface area contributed by atoms with Crippen LogP contribution >= 0.6 is 34.8 Å². The van der Waals surface area contributed by atoms with Gasteiger partial charge in [-0.05, 0) is 22.9 Å². The first-order chi connectivity index (χ1) is 9.09. The molecule has 0 amide bonds. The molecule has 0 N–H and O–H groups in total. The molecule has 102 valence electrons. The average Bonchev–Trinajstić information content (AvgIpc) is 2.81. The summed E-state index contributed by atoms with van der Waals surface area (Å²) in [7, 11) is 1.72. The maximum absolute atomic E-state index is 6.16. The first-order valence-electron chi connectivity index (χ1n) is 5.70. The zero-order valence-corrected chi connectivity index (χ0v) is 12.6. The van der Waals surface area contributed by atoms with Crippen LogP contribution < -0.4 is 0 Å². The van der Waals surface area contributed by atoms with E-state index in [1.165, 1.54) is 4.80 Å². The molecule has 1 heterocycles. The average molecular weight is 320 g/mol. The number of aromatic nitrogens is 4. The maximum atomic E-state index is 6.16. The molecule has 19 heavy (non-hydrogen) atoms. The summed E-state index contributed by atoms with van der Waals surface area (Å²) in [5.74, 6) is 1.33. The van der Waals surface area contributed by atoms with Gasteiger partial charge >= 0.3 is 0 Å². The molecule has 0 aliphatic heterocycles. The van der Waals surface area contributed by atoms with Gasteiger partial charge in [-0.3, -0.25) is 0 Å². The van der Waals surface area contributed by atoms with Gasteiger partial charge in [0.2, 0.25) is 0 Å². The summed E-state index contributed by atoms with van der Waals surface area (Å²) >= 11 is 18.4. The minimum absolute atomic E-state index is 0.356. The Labute approximate surface area is 126 Å². The lowest BCUT2D eigenvalue weighted by Gasteiger charge is -2.29. The lowest BCUT2D eigenvalue weighted by atomic mass is 9.81. The summed E-state index contributed by atoms with van der Waals surface area (Å²) in [6.07, 6.45) is 0.522. The first-order valence-corrected chi connectivity index (χ1v) is 7.15. The van der Waals surface area contributed by atoms with Crippen LogP contribution in [0.15, 0.2) is 24.3 Å². The van der Waals surface area contributed by atoms with Crippen LogP contribution in [0.5, 0.6) is 0 Å². The number of hydrogen-bond acceptors (Lipinski definition) is 3. The van der Waals surface area contributed by atoms with E-state index in [2.05, 4.69) is 15.4 Å². The molecule has 2 aromatic rings. The molecule has 0 bridgehead atoms. The van der Waals surface area contributed by atoms with Gasteiger partial charge in [-0.2, -0.15) is 4.80 Å². The number of alkyl halides is 2. The summed E-state index contributed by atoms with van der Waals surface area (Å²) in [5.41, 5.74) is 0.536. The van der Waals surface area contributed by atoms with Crippen LogP contribution in [0, 0.1) is 0 Å². The Morgan fingerprint density at radius 3 is 2.53 bits per heavy atom. The summed E-state index contributed by atoms with van der Waals surface area (Å²) in [4.78, 5) is 1.42. The second-order valence-electron chi connectivity index (χ2n) is 4.43. The van der Waals surface area contributed by atoms with Crippen LogP contribution in [0.2, 0.25) is 5.02 Å². The molecule has 7 heteroatoms. The van der Waals surface area contributed by atoms with Crippen molar-refractivity contribution in [1.29, 1.82) is 0 Å². The fourth-order valence-corrected chi connectivity index (χ4v) is 2.88. The Balaban J connectivity index is 2.37. The highest BCUT2D eigenvalue weighted by molar-refractivity contribution is 6.30. The molecular weight excluding hydrogens is 307 g/mol. The predicted octanol–water partition coefficient (Wildman–Crippen LogP) is 2.82. The minimum Gasteiger partial charge on any atom is -0.167 e.